The molecule has 1 aromatic heterocycles. The number of carboxylic acid groups (broad SMARTS) is 1. The molecule has 2 aromatic carbocycles. The second kappa shape index (κ2) is 14.1. The summed E-state index contributed by atoms with van der Waals surface area (Å²) in [5.74, 6) is -0.678. The van der Waals surface area contributed by atoms with Gasteiger partial charge < -0.3 is 23.8 Å². The predicted octanol–water partition coefficient (Wildman–Crippen LogP) is 1.52. The number of para-hydroxylation sites is 2. The number of ether oxygens (including phenoxy) is 2. The molecule has 7 heteroatoms. The minimum absolute atomic E-state index is 0. The quantitative estimate of drug-likeness (QED) is 0.284. The average Bonchev–Trinajstić information content (AvgIpc) is 2.79. The van der Waals surface area contributed by atoms with E-state index in [1.54, 1.807) is 18.2 Å². The predicted molar refractivity (Wildman–Crippen MR) is 121 cm³/mol. The molecule has 0 atom stereocenters. The molecule has 6 nitrogen and oxygen atoms in total. The standard InChI is InChI=1S/C26H30O6.Na/c1-2-11-19-12-6-7-14-22(19)30-16-8-4-3-5-9-17-31-23-15-10-13-20-21(27)18-24(26(28)29)32-25(20)23;/h6-7,10,12-15,18H,2-5,8-9,11,16-17H2,1H3,(H,28,29);/q;+1/p-1. The number of aromatic carboxylic acids is 1. The van der Waals surface area contributed by atoms with Crippen molar-refractivity contribution in [1.29, 1.82) is 0 Å². The van der Waals surface area contributed by atoms with Gasteiger partial charge >= 0.3 is 29.6 Å². The van der Waals surface area contributed by atoms with Crippen LogP contribution in [0.2, 0.25) is 0 Å². The molecule has 0 unspecified atom stereocenters. The summed E-state index contributed by atoms with van der Waals surface area (Å²) in [6, 6.07) is 14.1. The van der Waals surface area contributed by atoms with E-state index in [1.807, 2.05) is 18.2 Å². The molecule has 0 fully saturated rings. The van der Waals surface area contributed by atoms with Gasteiger partial charge in [0.05, 0.1) is 18.6 Å². The Kier molecular flexibility index (Phi) is 11.5. The van der Waals surface area contributed by atoms with Gasteiger partial charge in [0.1, 0.15) is 11.7 Å². The fourth-order valence-corrected chi connectivity index (χ4v) is 3.58. The second-order valence-corrected chi connectivity index (χ2v) is 7.72. The molecule has 0 aliphatic heterocycles. The molecule has 0 saturated heterocycles. The van der Waals surface area contributed by atoms with Crippen molar-refractivity contribution < 1.29 is 53.3 Å². The maximum atomic E-state index is 12.1. The Morgan fingerprint density at radius 2 is 1.55 bits per heavy atom. The summed E-state index contributed by atoms with van der Waals surface area (Å²) < 4.78 is 17.0. The molecule has 1 heterocycles. The van der Waals surface area contributed by atoms with E-state index in [9.17, 15) is 14.7 Å². The van der Waals surface area contributed by atoms with Gasteiger partial charge in [0.15, 0.2) is 22.5 Å². The van der Waals surface area contributed by atoms with Crippen molar-refractivity contribution in [1.82, 2.24) is 0 Å². The van der Waals surface area contributed by atoms with E-state index >= 15 is 0 Å². The van der Waals surface area contributed by atoms with E-state index in [1.165, 1.54) is 5.56 Å². The van der Waals surface area contributed by atoms with Crippen molar-refractivity contribution >= 4 is 16.9 Å². The van der Waals surface area contributed by atoms with Gasteiger partial charge in [-0.15, -0.1) is 0 Å². The fourth-order valence-electron chi connectivity index (χ4n) is 3.58. The molecule has 33 heavy (non-hydrogen) atoms. The van der Waals surface area contributed by atoms with Crippen molar-refractivity contribution in [3.05, 3.63) is 70.1 Å². The van der Waals surface area contributed by atoms with Gasteiger partial charge in [-0.2, -0.15) is 0 Å². The minimum atomic E-state index is -1.53. The number of hydrogen-bond donors (Lipinski definition) is 0. The van der Waals surface area contributed by atoms with Crippen LogP contribution in [0.5, 0.6) is 11.5 Å². The number of carbonyl (C=O) groups is 1. The first-order chi connectivity index (χ1) is 15.6. The van der Waals surface area contributed by atoms with E-state index in [2.05, 4.69) is 13.0 Å². The smallest absolute Gasteiger partial charge is 0.542 e. The average molecular weight is 461 g/mol. The molecule has 3 rings (SSSR count). The van der Waals surface area contributed by atoms with Crippen molar-refractivity contribution in [2.45, 2.75) is 51.9 Å². The first-order valence-corrected chi connectivity index (χ1v) is 11.2. The molecular formula is C26H29NaO6. The summed E-state index contributed by atoms with van der Waals surface area (Å²) in [7, 11) is 0. The number of fused-ring (bicyclic) bond motifs is 1. The van der Waals surface area contributed by atoms with E-state index in [4.69, 9.17) is 13.9 Å². The SMILES string of the molecule is CCCc1ccccc1OCCCCCCCOc1cccc2c(=O)cc(C(=O)[O-])oc12.[Na+]. The van der Waals surface area contributed by atoms with Gasteiger partial charge in [-0.25, -0.2) is 0 Å². The zero-order valence-corrected chi connectivity index (χ0v) is 21.4. The van der Waals surface area contributed by atoms with Crippen LogP contribution in [0, 0.1) is 0 Å². The van der Waals surface area contributed by atoms with Gasteiger partial charge in [-0.05, 0) is 43.0 Å². The summed E-state index contributed by atoms with van der Waals surface area (Å²) >= 11 is 0. The number of benzene rings is 2. The molecule has 0 spiro atoms. The van der Waals surface area contributed by atoms with Crippen LogP contribution < -0.4 is 49.6 Å². The van der Waals surface area contributed by atoms with Crippen molar-refractivity contribution in [3.8, 4) is 11.5 Å². The van der Waals surface area contributed by atoms with Gasteiger partial charge in [0.25, 0.3) is 0 Å². The maximum Gasteiger partial charge on any atom is 1.00 e. The third-order valence-corrected chi connectivity index (χ3v) is 5.22. The summed E-state index contributed by atoms with van der Waals surface area (Å²) in [4.78, 5) is 23.1. The van der Waals surface area contributed by atoms with E-state index in [-0.39, 0.29) is 40.5 Å². The van der Waals surface area contributed by atoms with Gasteiger partial charge in [-0.3, -0.25) is 4.79 Å². The Balaban J connectivity index is 0.00000385. The fraction of sp³-hybridized carbons (Fsp3) is 0.385. The molecule has 0 aliphatic carbocycles. The van der Waals surface area contributed by atoms with Crippen LogP contribution in [0.4, 0.5) is 0 Å². The Morgan fingerprint density at radius 3 is 2.24 bits per heavy atom. The minimum Gasteiger partial charge on any atom is -0.542 e. The van der Waals surface area contributed by atoms with Crippen molar-refractivity contribution in [2.75, 3.05) is 13.2 Å². The number of rotatable bonds is 13. The first-order valence-electron chi connectivity index (χ1n) is 11.2. The zero-order chi connectivity index (χ0) is 22.8. The Bertz CT molecular complexity index is 1090. The van der Waals surface area contributed by atoms with Gasteiger partial charge in [-0.1, -0.05) is 56.9 Å². The van der Waals surface area contributed by atoms with Gasteiger partial charge in [0.2, 0.25) is 0 Å². The van der Waals surface area contributed by atoms with Crippen LogP contribution in [0.1, 0.15) is 61.6 Å². The van der Waals surface area contributed by atoms with Crippen molar-refractivity contribution in [3.63, 3.8) is 0 Å². The number of aryl methyl sites for hydroxylation is 1. The monoisotopic (exact) mass is 460 g/mol. The Labute approximate surface area is 216 Å². The van der Waals surface area contributed by atoms with Gasteiger partial charge in [0, 0.05) is 6.07 Å². The number of hydrogen-bond acceptors (Lipinski definition) is 6. The second-order valence-electron chi connectivity index (χ2n) is 7.72. The molecule has 0 aliphatic rings. The van der Waals surface area contributed by atoms with Crippen molar-refractivity contribution in [2.24, 2.45) is 0 Å². The summed E-state index contributed by atoms with van der Waals surface area (Å²) in [6.45, 7) is 3.34. The topological polar surface area (TPSA) is 88.8 Å². The third kappa shape index (κ3) is 7.91. The van der Waals surface area contributed by atoms with Crippen LogP contribution in [0.25, 0.3) is 11.0 Å². The first kappa shape index (κ1) is 27.0. The molecular weight excluding hydrogens is 431 g/mol. The van der Waals surface area contributed by atoms with Crippen LogP contribution in [-0.4, -0.2) is 19.2 Å². The molecule has 170 valence electrons. The van der Waals surface area contributed by atoms with Crippen LogP contribution in [0.3, 0.4) is 0 Å². The molecule has 0 N–H and O–H groups in total. The summed E-state index contributed by atoms with van der Waals surface area (Å²) in [5.41, 5.74) is 0.971. The summed E-state index contributed by atoms with van der Waals surface area (Å²) in [5, 5.41) is 11.3. The number of carboxylic acids is 1. The maximum absolute atomic E-state index is 12.1. The van der Waals surface area contributed by atoms with E-state index in [0.717, 1.165) is 56.8 Å². The molecule has 0 amide bonds. The Hall–Kier alpha value is -2.28. The normalized spacial score (nSPS) is 10.6. The van der Waals surface area contributed by atoms with Crippen LogP contribution in [-0.2, 0) is 6.42 Å². The zero-order valence-electron chi connectivity index (χ0n) is 19.4. The molecule has 0 radical (unpaired) electrons. The molecule has 0 bridgehead atoms. The number of carbonyl (C=O) groups excluding carboxylic acids is 1. The number of unbranched alkanes of at least 4 members (excludes halogenated alkanes) is 4. The third-order valence-electron chi connectivity index (χ3n) is 5.22. The van der Waals surface area contributed by atoms with Crippen LogP contribution >= 0.6 is 0 Å². The molecule has 3 aromatic rings. The Morgan fingerprint density at radius 1 is 0.909 bits per heavy atom. The van der Waals surface area contributed by atoms with E-state index in [0.29, 0.717) is 19.0 Å². The summed E-state index contributed by atoms with van der Waals surface area (Å²) in [6.07, 6.45) is 7.14. The van der Waals surface area contributed by atoms with E-state index < -0.39 is 17.2 Å². The largest absolute Gasteiger partial charge is 1.00 e. The molecule has 0 saturated carbocycles. The van der Waals surface area contributed by atoms with Crippen LogP contribution in [0.15, 0.2) is 57.7 Å².